The molecule has 3 aromatic carbocycles. The summed E-state index contributed by atoms with van der Waals surface area (Å²) >= 11 is 0. The summed E-state index contributed by atoms with van der Waals surface area (Å²) in [7, 11) is 0. The number of fused-ring (bicyclic) bond motifs is 3. The molecule has 1 N–H and O–H groups in total. The number of nitrogens with zero attached hydrogens (tertiary/aromatic N) is 2. The number of hydrogen-bond acceptors (Lipinski definition) is 5. The van der Waals surface area contributed by atoms with Crippen LogP contribution in [0.4, 0.5) is 17.1 Å². The van der Waals surface area contributed by atoms with E-state index >= 15 is 0 Å². The number of benzene rings is 3. The van der Waals surface area contributed by atoms with Crippen molar-refractivity contribution in [2.45, 2.75) is 38.0 Å². The van der Waals surface area contributed by atoms with Gasteiger partial charge >= 0.3 is 0 Å². The summed E-state index contributed by atoms with van der Waals surface area (Å²) in [5, 5.41) is 9.45. The van der Waals surface area contributed by atoms with Crippen molar-refractivity contribution >= 4 is 28.9 Å². The fraction of sp³-hybridized carbons (Fsp3) is 0.310. The molecule has 1 spiro atoms. The Morgan fingerprint density at radius 3 is 2.61 bits per heavy atom. The first-order valence-electron chi connectivity index (χ1n) is 12.4. The number of para-hydroxylation sites is 3. The van der Waals surface area contributed by atoms with Gasteiger partial charge in [0.05, 0.1) is 24.0 Å². The van der Waals surface area contributed by atoms with Crippen LogP contribution in [0.15, 0.2) is 72.8 Å². The second-order valence-corrected chi connectivity index (χ2v) is 9.69. The minimum Gasteiger partial charge on any atom is -0.482 e. The molecule has 1 fully saturated rings. The van der Waals surface area contributed by atoms with E-state index in [4.69, 9.17) is 9.47 Å². The molecule has 3 atom stereocenters. The Morgan fingerprint density at radius 1 is 1.00 bits per heavy atom. The van der Waals surface area contributed by atoms with Crippen molar-refractivity contribution in [2.75, 3.05) is 23.0 Å². The van der Waals surface area contributed by atoms with Crippen LogP contribution < -0.4 is 14.5 Å². The van der Waals surface area contributed by atoms with Gasteiger partial charge in [0.2, 0.25) is 0 Å². The summed E-state index contributed by atoms with van der Waals surface area (Å²) < 4.78 is 12.0. The van der Waals surface area contributed by atoms with Gasteiger partial charge in [-0.25, -0.2) is 0 Å². The van der Waals surface area contributed by atoms with Gasteiger partial charge in [0.15, 0.2) is 12.2 Å². The number of carbonyl (C=O) groups is 2. The van der Waals surface area contributed by atoms with E-state index in [1.165, 1.54) is 0 Å². The lowest BCUT2D eigenvalue weighted by molar-refractivity contribution is -0.146. The quantitative estimate of drug-likeness (QED) is 0.585. The summed E-state index contributed by atoms with van der Waals surface area (Å²) in [6.07, 6.45) is 1.08. The molecule has 0 radical (unpaired) electrons. The number of anilines is 3. The Bertz CT molecular complexity index is 1340. The normalized spacial score (nSPS) is 24.7. The zero-order valence-electron chi connectivity index (χ0n) is 20.1. The third-order valence-electron chi connectivity index (χ3n) is 7.49. The molecule has 184 valence electrons. The Balaban J connectivity index is 1.34. The fourth-order valence-electron chi connectivity index (χ4n) is 5.87. The highest BCUT2D eigenvalue weighted by Crippen LogP contribution is 2.53. The van der Waals surface area contributed by atoms with Gasteiger partial charge < -0.3 is 19.5 Å². The van der Waals surface area contributed by atoms with Crippen molar-refractivity contribution in [3.8, 4) is 5.75 Å². The predicted molar refractivity (Wildman–Crippen MR) is 135 cm³/mol. The van der Waals surface area contributed by atoms with Crippen LogP contribution >= 0.6 is 0 Å². The van der Waals surface area contributed by atoms with Gasteiger partial charge in [0.1, 0.15) is 5.75 Å². The zero-order chi connectivity index (χ0) is 24.9. The summed E-state index contributed by atoms with van der Waals surface area (Å²) in [5.41, 5.74) is 3.04. The van der Waals surface area contributed by atoms with Crippen molar-refractivity contribution in [3.63, 3.8) is 0 Å². The maximum Gasteiger partial charge on any atom is 0.269 e. The Kier molecular flexibility index (Phi) is 5.54. The van der Waals surface area contributed by atoms with E-state index in [-0.39, 0.29) is 37.0 Å². The van der Waals surface area contributed by atoms with Crippen molar-refractivity contribution < 1.29 is 24.2 Å². The summed E-state index contributed by atoms with van der Waals surface area (Å²) in [5.74, 6) is 0.435. The largest absolute Gasteiger partial charge is 0.482 e. The molecule has 3 aliphatic rings. The monoisotopic (exact) mass is 484 g/mol. The molecule has 1 saturated heterocycles. The first-order valence-corrected chi connectivity index (χ1v) is 12.4. The SMILES string of the molecule is C[C@@H]1C[C@H](CCO)O[C@@]12C(=O)N(Cc1cccc(N3C(=O)COc4ccccc43)c1)c1ccccc12. The van der Waals surface area contributed by atoms with Gasteiger partial charge in [0.25, 0.3) is 11.8 Å². The second kappa shape index (κ2) is 8.76. The Hall–Kier alpha value is -3.68. The molecule has 7 nitrogen and oxygen atoms in total. The highest BCUT2D eigenvalue weighted by atomic mass is 16.5. The topological polar surface area (TPSA) is 79.3 Å². The molecular weight excluding hydrogens is 456 g/mol. The molecule has 0 bridgehead atoms. The van der Waals surface area contributed by atoms with Crippen LogP contribution in [0.25, 0.3) is 0 Å². The van der Waals surface area contributed by atoms with Crippen LogP contribution in [-0.2, 0) is 26.5 Å². The number of hydrogen-bond donors (Lipinski definition) is 1. The molecule has 0 aliphatic carbocycles. The fourth-order valence-corrected chi connectivity index (χ4v) is 5.87. The Labute approximate surface area is 209 Å². The van der Waals surface area contributed by atoms with E-state index in [0.29, 0.717) is 24.4 Å². The summed E-state index contributed by atoms with van der Waals surface area (Å²) in [4.78, 5) is 30.3. The van der Waals surface area contributed by atoms with Gasteiger partial charge in [0, 0.05) is 23.8 Å². The Morgan fingerprint density at radius 2 is 1.78 bits per heavy atom. The van der Waals surface area contributed by atoms with Crippen LogP contribution in [0.5, 0.6) is 5.75 Å². The van der Waals surface area contributed by atoms with Gasteiger partial charge in [-0.1, -0.05) is 49.4 Å². The average molecular weight is 485 g/mol. The maximum atomic E-state index is 14.0. The van der Waals surface area contributed by atoms with Crippen molar-refractivity contribution in [2.24, 2.45) is 5.92 Å². The van der Waals surface area contributed by atoms with Gasteiger partial charge in [-0.3, -0.25) is 14.5 Å². The smallest absolute Gasteiger partial charge is 0.269 e. The lowest BCUT2D eigenvalue weighted by Crippen LogP contribution is -2.43. The molecular formula is C29H28N2O5. The molecule has 7 heteroatoms. The second-order valence-electron chi connectivity index (χ2n) is 9.69. The first kappa shape index (κ1) is 22.8. The van der Waals surface area contributed by atoms with Crippen molar-refractivity contribution in [1.29, 1.82) is 0 Å². The molecule has 0 saturated carbocycles. The maximum absolute atomic E-state index is 14.0. The summed E-state index contributed by atoms with van der Waals surface area (Å²) in [6, 6.07) is 23.0. The van der Waals surface area contributed by atoms with E-state index in [2.05, 4.69) is 6.92 Å². The molecule has 3 heterocycles. The standard InChI is InChI=1S/C29H28N2O5/c1-19-15-22(13-14-32)36-29(19)23-9-2-3-10-24(23)30(28(29)34)17-20-7-6-8-21(16-20)31-25-11-4-5-12-26(25)35-18-27(31)33/h2-12,16,19,22,32H,13-15,17-18H2,1H3/t19-,22+,29+/m1/s1. The molecule has 2 amide bonds. The zero-order valence-corrected chi connectivity index (χ0v) is 20.1. The number of ether oxygens (including phenoxy) is 2. The van der Waals surface area contributed by atoms with E-state index < -0.39 is 5.60 Å². The van der Waals surface area contributed by atoms with E-state index in [1.54, 1.807) is 9.80 Å². The molecule has 0 unspecified atom stereocenters. The van der Waals surface area contributed by atoms with E-state index in [9.17, 15) is 14.7 Å². The average Bonchev–Trinajstić information content (AvgIpc) is 3.34. The lowest BCUT2D eigenvalue weighted by Gasteiger charge is -2.30. The number of aliphatic hydroxyl groups is 1. The summed E-state index contributed by atoms with van der Waals surface area (Å²) in [6.45, 7) is 2.42. The highest BCUT2D eigenvalue weighted by molar-refractivity contribution is 6.07. The minimum absolute atomic E-state index is 0.0125. The van der Waals surface area contributed by atoms with Crippen molar-refractivity contribution in [1.82, 2.24) is 0 Å². The molecule has 3 aliphatic heterocycles. The highest BCUT2D eigenvalue weighted by Gasteiger charge is 2.59. The third-order valence-corrected chi connectivity index (χ3v) is 7.49. The molecule has 36 heavy (non-hydrogen) atoms. The van der Waals surface area contributed by atoms with E-state index in [1.807, 2.05) is 72.8 Å². The number of amides is 2. The van der Waals surface area contributed by atoms with Crippen LogP contribution in [0.2, 0.25) is 0 Å². The van der Waals surface area contributed by atoms with Crippen LogP contribution in [-0.4, -0.2) is 36.2 Å². The molecule has 0 aromatic heterocycles. The number of aliphatic hydroxyl groups excluding tert-OH is 1. The van der Waals surface area contributed by atoms with Crippen LogP contribution in [0.1, 0.15) is 30.9 Å². The van der Waals surface area contributed by atoms with Crippen LogP contribution in [0.3, 0.4) is 0 Å². The number of rotatable bonds is 5. The number of carbonyl (C=O) groups excluding carboxylic acids is 2. The molecule has 3 aromatic rings. The molecule has 6 rings (SSSR count). The first-order chi connectivity index (χ1) is 17.5. The van der Waals surface area contributed by atoms with Gasteiger partial charge in [-0.2, -0.15) is 0 Å². The predicted octanol–water partition coefficient (Wildman–Crippen LogP) is 4.29. The van der Waals surface area contributed by atoms with E-state index in [0.717, 1.165) is 28.9 Å². The van der Waals surface area contributed by atoms with Crippen LogP contribution in [0, 0.1) is 5.92 Å². The van der Waals surface area contributed by atoms with Gasteiger partial charge in [-0.15, -0.1) is 0 Å². The minimum atomic E-state index is -1.03. The lowest BCUT2D eigenvalue weighted by atomic mass is 9.83. The van der Waals surface area contributed by atoms with Crippen molar-refractivity contribution in [3.05, 3.63) is 83.9 Å². The van der Waals surface area contributed by atoms with Gasteiger partial charge in [-0.05, 0) is 48.7 Å². The third kappa shape index (κ3) is 3.42.